The molecule has 4 aromatic rings. The smallest absolute Gasteiger partial charge is 0.437 e. The van der Waals surface area contributed by atoms with Crippen LogP contribution in [0.2, 0.25) is 0 Å². The van der Waals surface area contributed by atoms with Crippen LogP contribution in [0.5, 0.6) is 0 Å². The SMILES string of the molecule is O=c1oc(-c2cccs2)nn1Cc1cc(-c2ccco2)on1. The number of furan rings is 1. The molecule has 0 spiro atoms. The van der Waals surface area contributed by atoms with Crippen molar-refractivity contribution in [2.24, 2.45) is 0 Å². The molecule has 0 saturated carbocycles. The van der Waals surface area contributed by atoms with Crippen LogP contribution in [0.1, 0.15) is 5.69 Å². The van der Waals surface area contributed by atoms with Crippen molar-refractivity contribution in [1.82, 2.24) is 14.9 Å². The summed E-state index contributed by atoms with van der Waals surface area (Å²) in [6.45, 7) is 0.165. The molecule has 0 unspecified atom stereocenters. The van der Waals surface area contributed by atoms with Crippen molar-refractivity contribution in [1.29, 1.82) is 0 Å². The van der Waals surface area contributed by atoms with Gasteiger partial charge in [-0.1, -0.05) is 11.2 Å². The molecular formula is C14H9N3O4S. The lowest BCUT2D eigenvalue weighted by molar-refractivity contribution is 0.405. The van der Waals surface area contributed by atoms with E-state index < -0.39 is 5.76 Å². The van der Waals surface area contributed by atoms with E-state index in [0.29, 0.717) is 23.1 Å². The lowest BCUT2D eigenvalue weighted by atomic mass is 10.3. The summed E-state index contributed by atoms with van der Waals surface area (Å²) in [7, 11) is 0. The number of rotatable bonds is 4. The summed E-state index contributed by atoms with van der Waals surface area (Å²) in [5.74, 6) is 0.834. The maximum Gasteiger partial charge on any atom is 0.437 e. The molecule has 0 fully saturated rings. The Bertz CT molecular complexity index is 931. The molecule has 0 aliphatic carbocycles. The van der Waals surface area contributed by atoms with Gasteiger partial charge in [0.05, 0.1) is 17.7 Å². The highest BCUT2D eigenvalue weighted by atomic mass is 32.1. The molecule has 4 rings (SSSR count). The highest BCUT2D eigenvalue weighted by molar-refractivity contribution is 7.13. The number of aromatic nitrogens is 3. The number of hydrogen-bond donors (Lipinski definition) is 0. The molecule has 0 saturated heterocycles. The minimum absolute atomic E-state index is 0.165. The van der Waals surface area contributed by atoms with E-state index in [4.69, 9.17) is 13.4 Å². The van der Waals surface area contributed by atoms with Crippen LogP contribution >= 0.6 is 11.3 Å². The Kier molecular flexibility index (Phi) is 3.01. The van der Waals surface area contributed by atoms with Gasteiger partial charge in [-0.25, -0.2) is 4.79 Å². The number of hydrogen-bond acceptors (Lipinski definition) is 7. The van der Waals surface area contributed by atoms with E-state index in [0.717, 1.165) is 4.88 Å². The maximum absolute atomic E-state index is 11.8. The van der Waals surface area contributed by atoms with E-state index in [2.05, 4.69) is 10.3 Å². The fraction of sp³-hybridized carbons (Fsp3) is 0.0714. The summed E-state index contributed by atoms with van der Waals surface area (Å²) in [5.41, 5.74) is 0.555. The van der Waals surface area contributed by atoms with Gasteiger partial charge in [0.1, 0.15) is 5.69 Å². The summed E-state index contributed by atoms with van der Waals surface area (Å²) in [5, 5.41) is 9.96. The molecule has 0 aliphatic heterocycles. The zero-order valence-electron chi connectivity index (χ0n) is 11.1. The molecule has 0 bridgehead atoms. The van der Waals surface area contributed by atoms with E-state index >= 15 is 0 Å². The van der Waals surface area contributed by atoms with Crippen LogP contribution in [0.25, 0.3) is 22.3 Å². The Morgan fingerprint density at radius 1 is 1.23 bits per heavy atom. The van der Waals surface area contributed by atoms with E-state index in [-0.39, 0.29) is 6.54 Å². The van der Waals surface area contributed by atoms with Gasteiger partial charge in [-0.05, 0) is 23.6 Å². The summed E-state index contributed by atoms with van der Waals surface area (Å²) < 4.78 is 16.8. The first-order chi connectivity index (χ1) is 10.8. The average molecular weight is 315 g/mol. The largest absolute Gasteiger partial charge is 0.461 e. The zero-order valence-corrected chi connectivity index (χ0v) is 11.9. The van der Waals surface area contributed by atoms with Gasteiger partial charge in [0, 0.05) is 6.07 Å². The van der Waals surface area contributed by atoms with Crippen LogP contribution in [-0.4, -0.2) is 14.9 Å². The lowest BCUT2D eigenvalue weighted by Crippen LogP contribution is -2.16. The highest BCUT2D eigenvalue weighted by Gasteiger charge is 2.14. The van der Waals surface area contributed by atoms with Crippen LogP contribution in [0, 0.1) is 0 Å². The molecule has 0 aromatic carbocycles. The third-order valence-electron chi connectivity index (χ3n) is 2.97. The predicted molar refractivity (Wildman–Crippen MR) is 77.4 cm³/mol. The molecule has 7 nitrogen and oxygen atoms in total. The Morgan fingerprint density at radius 2 is 2.18 bits per heavy atom. The van der Waals surface area contributed by atoms with Crippen molar-refractivity contribution in [2.75, 3.05) is 0 Å². The molecule has 22 heavy (non-hydrogen) atoms. The Morgan fingerprint density at radius 3 is 2.95 bits per heavy atom. The molecular weight excluding hydrogens is 306 g/mol. The van der Waals surface area contributed by atoms with Gasteiger partial charge in [-0.15, -0.1) is 16.4 Å². The third-order valence-corrected chi connectivity index (χ3v) is 3.83. The van der Waals surface area contributed by atoms with Crippen LogP contribution < -0.4 is 5.76 Å². The first-order valence-corrected chi connectivity index (χ1v) is 7.29. The van der Waals surface area contributed by atoms with E-state index in [1.807, 2.05) is 17.5 Å². The van der Waals surface area contributed by atoms with Crippen molar-refractivity contribution >= 4 is 11.3 Å². The van der Waals surface area contributed by atoms with Crippen LogP contribution in [0.4, 0.5) is 0 Å². The van der Waals surface area contributed by atoms with Crippen LogP contribution in [-0.2, 0) is 6.54 Å². The van der Waals surface area contributed by atoms with Crippen molar-refractivity contribution in [2.45, 2.75) is 6.54 Å². The molecule has 0 N–H and O–H groups in total. The summed E-state index contributed by atoms with van der Waals surface area (Å²) >= 11 is 1.45. The van der Waals surface area contributed by atoms with E-state index in [9.17, 15) is 4.79 Å². The molecule has 0 atom stereocenters. The standard InChI is InChI=1S/C14H9N3O4S/c18-14-17(15-13(20-14)12-4-2-6-22-12)8-9-7-11(21-16-9)10-3-1-5-19-10/h1-7H,8H2. The summed E-state index contributed by atoms with van der Waals surface area (Å²) in [6.07, 6.45) is 1.55. The summed E-state index contributed by atoms with van der Waals surface area (Å²) in [6, 6.07) is 8.93. The Hall–Kier alpha value is -2.87. The third kappa shape index (κ3) is 2.29. The normalized spacial score (nSPS) is 11.1. The zero-order chi connectivity index (χ0) is 14.9. The van der Waals surface area contributed by atoms with Gasteiger partial charge < -0.3 is 13.4 Å². The second-order valence-corrected chi connectivity index (χ2v) is 5.42. The van der Waals surface area contributed by atoms with Gasteiger partial charge in [-0.3, -0.25) is 0 Å². The quantitative estimate of drug-likeness (QED) is 0.575. The average Bonchev–Trinajstić information content (AvgIpc) is 3.28. The monoisotopic (exact) mass is 315 g/mol. The van der Waals surface area contributed by atoms with Crippen molar-refractivity contribution in [3.63, 3.8) is 0 Å². The van der Waals surface area contributed by atoms with Crippen molar-refractivity contribution in [3.8, 4) is 22.3 Å². The Balaban J connectivity index is 1.60. The first-order valence-electron chi connectivity index (χ1n) is 6.41. The van der Waals surface area contributed by atoms with Gasteiger partial charge in [0.15, 0.2) is 5.76 Å². The predicted octanol–water partition coefficient (Wildman–Crippen LogP) is 2.86. The molecule has 0 aliphatic rings. The summed E-state index contributed by atoms with van der Waals surface area (Å²) in [4.78, 5) is 12.6. The molecule has 0 amide bonds. The fourth-order valence-electron chi connectivity index (χ4n) is 1.98. The lowest BCUT2D eigenvalue weighted by Gasteiger charge is -1.91. The maximum atomic E-state index is 11.8. The number of thiophene rings is 1. The first kappa shape index (κ1) is 12.8. The highest BCUT2D eigenvalue weighted by Crippen LogP contribution is 2.22. The second kappa shape index (κ2) is 5.15. The molecule has 0 radical (unpaired) electrons. The van der Waals surface area contributed by atoms with E-state index in [1.54, 1.807) is 24.5 Å². The van der Waals surface area contributed by atoms with Crippen molar-refractivity contribution in [3.05, 3.63) is 58.2 Å². The van der Waals surface area contributed by atoms with Crippen molar-refractivity contribution < 1.29 is 13.4 Å². The molecule has 4 aromatic heterocycles. The Labute approximate surface area is 127 Å². The van der Waals surface area contributed by atoms with Crippen LogP contribution in [0.3, 0.4) is 0 Å². The molecule has 8 heteroatoms. The second-order valence-electron chi connectivity index (χ2n) is 4.47. The van der Waals surface area contributed by atoms with Gasteiger partial charge in [0.25, 0.3) is 5.89 Å². The topological polar surface area (TPSA) is 87.2 Å². The van der Waals surface area contributed by atoms with Crippen LogP contribution in [0.15, 0.2) is 60.1 Å². The minimum atomic E-state index is -0.536. The van der Waals surface area contributed by atoms with Gasteiger partial charge in [0.2, 0.25) is 5.76 Å². The molecule has 110 valence electrons. The van der Waals surface area contributed by atoms with Gasteiger partial charge >= 0.3 is 5.76 Å². The van der Waals surface area contributed by atoms with E-state index in [1.165, 1.54) is 16.0 Å². The minimum Gasteiger partial charge on any atom is -0.461 e. The fourth-order valence-corrected chi connectivity index (χ4v) is 2.62. The van der Waals surface area contributed by atoms with Gasteiger partial charge in [-0.2, -0.15) is 4.68 Å². The number of nitrogens with zero attached hydrogens (tertiary/aromatic N) is 3. The molecule has 4 heterocycles.